The number of nitro groups is 1. The number of non-ortho nitro benzene ring substituents is 1. The van der Waals surface area contributed by atoms with Crippen LogP contribution in [0.15, 0.2) is 59.5 Å². The molecule has 0 radical (unpaired) electrons. The number of primary amides is 1. The lowest BCUT2D eigenvalue weighted by Crippen LogP contribution is -2.27. The number of imide groups is 1. The molecule has 0 unspecified atom stereocenters. The highest BCUT2D eigenvalue weighted by Gasteiger charge is 2.35. The Balaban J connectivity index is 1.60. The lowest BCUT2D eigenvalue weighted by atomic mass is 10.2. The third-order valence-corrected chi connectivity index (χ3v) is 6.41. The van der Waals surface area contributed by atoms with Crippen LogP contribution in [0.1, 0.15) is 32.9 Å². The summed E-state index contributed by atoms with van der Waals surface area (Å²) in [6.45, 7) is 3.77. The van der Waals surface area contributed by atoms with Crippen LogP contribution in [0.25, 0.3) is 11.8 Å². The molecule has 1 fully saturated rings. The molecule has 2 heterocycles. The second kappa shape index (κ2) is 8.99. The highest BCUT2D eigenvalue weighted by molar-refractivity contribution is 8.18. The average Bonchev–Trinajstić information content (AvgIpc) is 3.23. The first-order chi connectivity index (χ1) is 16.2. The summed E-state index contributed by atoms with van der Waals surface area (Å²) in [4.78, 5) is 48.7. The van der Waals surface area contributed by atoms with Crippen molar-refractivity contribution in [3.8, 4) is 5.69 Å². The quantitative estimate of drug-likeness (QED) is 0.320. The molecule has 3 amide bonds. The first kappa shape index (κ1) is 23.0. The Hall–Kier alpha value is -4.18. The first-order valence-electron chi connectivity index (χ1n) is 10.2. The Morgan fingerprint density at radius 2 is 1.82 bits per heavy atom. The summed E-state index contributed by atoms with van der Waals surface area (Å²) in [5.41, 5.74) is 9.49. The lowest BCUT2D eigenvalue weighted by molar-refractivity contribution is -0.384. The SMILES string of the molecule is Cc1cc(/C=C2/SC(=O)N(Cc3cccc([N+](=O)[O-])c3)C2=O)c(C)n1-c1ccc(C(N)=O)cc1. The summed E-state index contributed by atoms with van der Waals surface area (Å²) >= 11 is 0.835. The molecule has 0 saturated carbocycles. The van der Waals surface area contributed by atoms with E-state index in [1.54, 1.807) is 36.4 Å². The van der Waals surface area contributed by atoms with Crippen LogP contribution >= 0.6 is 11.8 Å². The normalized spacial score (nSPS) is 14.8. The van der Waals surface area contributed by atoms with E-state index in [9.17, 15) is 24.5 Å². The van der Waals surface area contributed by atoms with E-state index in [0.717, 1.165) is 39.3 Å². The predicted molar refractivity (Wildman–Crippen MR) is 128 cm³/mol. The summed E-state index contributed by atoms with van der Waals surface area (Å²) in [5, 5.41) is 10.6. The number of benzene rings is 2. The van der Waals surface area contributed by atoms with Gasteiger partial charge in [-0.15, -0.1) is 0 Å². The summed E-state index contributed by atoms with van der Waals surface area (Å²) in [7, 11) is 0. The van der Waals surface area contributed by atoms with Crippen LogP contribution in [0.2, 0.25) is 0 Å². The zero-order chi connectivity index (χ0) is 24.6. The van der Waals surface area contributed by atoms with Gasteiger partial charge in [-0.1, -0.05) is 12.1 Å². The molecule has 0 spiro atoms. The van der Waals surface area contributed by atoms with Crippen LogP contribution in [0.3, 0.4) is 0 Å². The van der Waals surface area contributed by atoms with Gasteiger partial charge in [-0.25, -0.2) is 0 Å². The number of nitrogens with zero attached hydrogens (tertiary/aromatic N) is 3. The van der Waals surface area contributed by atoms with E-state index in [4.69, 9.17) is 5.73 Å². The molecule has 3 aromatic rings. The number of aromatic nitrogens is 1. The van der Waals surface area contributed by atoms with E-state index < -0.39 is 22.0 Å². The van der Waals surface area contributed by atoms with Gasteiger partial charge in [0.05, 0.1) is 16.4 Å². The van der Waals surface area contributed by atoms with Crippen molar-refractivity contribution >= 4 is 40.6 Å². The number of rotatable bonds is 6. The molecule has 2 aromatic carbocycles. The third kappa shape index (κ3) is 4.35. The minimum Gasteiger partial charge on any atom is -0.366 e. The van der Waals surface area contributed by atoms with Gasteiger partial charge in [0.2, 0.25) is 5.91 Å². The zero-order valence-electron chi connectivity index (χ0n) is 18.3. The number of aryl methyl sites for hydroxylation is 1. The van der Waals surface area contributed by atoms with Crippen molar-refractivity contribution in [3.63, 3.8) is 0 Å². The maximum atomic E-state index is 12.9. The number of carbonyl (C=O) groups excluding carboxylic acids is 3. The predicted octanol–water partition coefficient (Wildman–Crippen LogP) is 4.34. The van der Waals surface area contributed by atoms with E-state index in [2.05, 4.69) is 0 Å². The van der Waals surface area contributed by atoms with Gasteiger partial charge >= 0.3 is 0 Å². The topological polar surface area (TPSA) is 129 Å². The number of hydrogen-bond donors (Lipinski definition) is 1. The molecule has 0 bridgehead atoms. The molecule has 0 atom stereocenters. The van der Waals surface area contributed by atoms with Gasteiger partial charge in [-0.2, -0.15) is 0 Å². The second-order valence-electron chi connectivity index (χ2n) is 7.77. The molecular formula is C24H20N4O5S. The van der Waals surface area contributed by atoms with Gasteiger partial charge in [0.25, 0.3) is 16.8 Å². The van der Waals surface area contributed by atoms with Gasteiger partial charge in [0.1, 0.15) is 0 Å². The molecule has 1 aliphatic rings. The molecule has 34 heavy (non-hydrogen) atoms. The largest absolute Gasteiger partial charge is 0.366 e. The van der Waals surface area contributed by atoms with Crippen molar-refractivity contribution < 1.29 is 19.3 Å². The van der Waals surface area contributed by atoms with Crippen LogP contribution in [-0.4, -0.2) is 31.4 Å². The minimum absolute atomic E-state index is 0.0467. The Kier molecular flexibility index (Phi) is 6.08. The molecule has 2 N–H and O–H groups in total. The van der Waals surface area contributed by atoms with Crippen molar-refractivity contribution in [2.24, 2.45) is 5.73 Å². The van der Waals surface area contributed by atoms with Gasteiger partial charge in [0.15, 0.2) is 0 Å². The molecule has 10 heteroatoms. The molecule has 1 aromatic heterocycles. The molecular weight excluding hydrogens is 456 g/mol. The highest BCUT2D eigenvalue weighted by Crippen LogP contribution is 2.35. The third-order valence-electron chi connectivity index (χ3n) is 5.50. The van der Waals surface area contributed by atoms with Crippen molar-refractivity contribution in [1.29, 1.82) is 0 Å². The van der Waals surface area contributed by atoms with Crippen LogP contribution in [0.4, 0.5) is 10.5 Å². The lowest BCUT2D eigenvalue weighted by Gasteiger charge is -2.12. The van der Waals surface area contributed by atoms with E-state index in [1.807, 2.05) is 24.5 Å². The second-order valence-corrected chi connectivity index (χ2v) is 8.76. The minimum atomic E-state index is -0.519. The summed E-state index contributed by atoms with van der Waals surface area (Å²) < 4.78 is 1.98. The van der Waals surface area contributed by atoms with Crippen molar-refractivity contribution in [1.82, 2.24) is 9.47 Å². The fraction of sp³-hybridized carbons (Fsp3) is 0.125. The van der Waals surface area contributed by atoms with Gasteiger partial charge in [0, 0.05) is 34.8 Å². The van der Waals surface area contributed by atoms with Crippen molar-refractivity contribution in [2.45, 2.75) is 20.4 Å². The number of carbonyl (C=O) groups is 3. The Labute approximate surface area is 199 Å². The summed E-state index contributed by atoms with van der Waals surface area (Å²) in [6, 6.07) is 14.6. The fourth-order valence-electron chi connectivity index (χ4n) is 3.83. The van der Waals surface area contributed by atoms with E-state index >= 15 is 0 Å². The highest BCUT2D eigenvalue weighted by atomic mass is 32.2. The standard InChI is InChI=1S/C24H20N4O5S/c1-14-10-18(15(2)27(14)19-8-6-17(7-9-19)22(25)29)12-21-23(30)26(24(31)34-21)13-16-4-3-5-20(11-16)28(32)33/h3-12H,13H2,1-2H3,(H2,25,29)/b21-12+. The Bertz CT molecular complexity index is 1370. The van der Waals surface area contributed by atoms with Gasteiger partial charge in [-0.05, 0) is 73.1 Å². The van der Waals surface area contributed by atoms with Crippen LogP contribution < -0.4 is 5.73 Å². The Morgan fingerprint density at radius 3 is 2.47 bits per heavy atom. The number of thioether (sulfide) groups is 1. The smallest absolute Gasteiger partial charge is 0.293 e. The van der Waals surface area contributed by atoms with Gasteiger partial charge < -0.3 is 10.3 Å². The molecule has 9 nitrogen and oxygen atoms in total. The van der Waals surface area contributed by atoms with Crippen LogP contribution in [0.5, 0.6) is 0 Å². The monoisotopic (exact) mass is 476 g/mol. The van der Waals surface area contributed by atoms with E-state index in [1.165, 1.54) is 18.2 Å². The summed E-state index contributed by atoms with van der Waals surface area (Å²) in [5.74, 6) is -0.953. The van der Waals surface area contributed by atoms with Crippen molar-refractivity contribution in [2.75, 3.05) is 0 Å². The summed E-state index contributed by atoms with van der Waals surface area (Å²) in [6.07, 6.45) is 1.68. The Morgan fingerprint density at radius 1 is 1.12 bits per heavy atom. The fourth-order valence-corrected chi connectivity index (χ4v) is 4.66. The molecule has 1 saturated heterocycles. The van der Waals surface area contributed by atoms with Crippen LogP contribution in [-0.2, 0) is 11.3 Å². The van der Waals surface area contributed by atoms with Crippen molar-refractivity contribution in [3.05, 3.63) is 97.7 Å². The average molecular weight is 477 g/mol. The first-order valence-corrected chi connectivity index (χ1v) is 11.0. The number of amides is 3. The zero-order valence-corrected chi connectivity index (χ0v) is 19.2. The molecule has 0 aliphatic carbocycles. The van der Waals surface area contributed by atoms with Gasteiger partial charge in [-0.3, -0.25) is 29.4 Å². The molecule has 4 rings (SSSR count). The number of hydrogen-bond acceptors (Lipinski definition) is 6. The maximum absolute atomic E-state index is 12.9. The maximum Gasteiger partial charge on any atom is 0.293 e. The number of nitro benzene ring substituents is 1. The van der Waals surface area contributed by atoms with Crippen LogP contribution in [0, 0.1) is 24.0 Å². The number of nitrogens with two attached hydrogens (primary N) is 1. The molecule has 172 valence electrons. The van der Waals surface area contributed by atoms with E-state index in [-0.39, 0.29) is 17.1 Å². The molecule has 1 aliphatic heterocycles. The van der Waals surface area contributed by atoms with E-state index in [0.29, 0.717) is 11.1 Å².